The molecule has 1 aromatic heterocycles. The van der Waals surface area contributed by atoms with Gasteiger partial charge in [-0.15, -0.1) is 5.10 Å². The zero-order valence-corrected chi connectivity index (χ0v) is 15.3. The van der Waals surface area contributed by atoms with Crippen molar-refractivity contribution in [3.8, 4) is 0 Å². The Hall–Kier alpha value is -2.31. The summed E-state index contributed by atoms with van der Waals surface area (Å²) in [6.07, 6.45) is 10.2. The van der Waals surface area contributed by atoms with Crippen molar-refractivity contribution < 1.29 is 14.4 Å². The normalized spacial score (nSPS) is 23.0. The number of imide groups is 1. The molecule has 0 N–H and O–H groups in total. The quantitative estimate of drug-likeness (QED) is 0.663. The number of Topliss-reactive ketones (excluding diaryl/α,β-unsaturated/α-hetero) is 1. The maximum atomic E-state index is 12.5. The zero-order chi connectivity index (χ0) is 18.5. The Kier molecular flexibility index (Phi) is 5.96. The average Bonchev–Trinajstić information content (AvgIpc) is 3.22. The molecule has 0 aromatic carbocycles. The first kappa shape index (κ1) is 18.5. The van der Waals surface area contributed by atoms with Crippen molar-refractivity contribution in [1.82, 2.24) is 19.9 Å². The van der Waals surface area contributed by atoms with Gasteiger partial charge in [0.05, 0.1) is 5.69 Å². The van der Waals surface area contributed by atoms with Crippen molar-refractivity contribution in [3.05, 3.63) is 24.0 Å². The fourth-order valence-electron chi connectivity index (χ4n) is 3.78. The lowest BCUT2D eigenvalue weighted by Crippen LogP contribution is -2.36. The highest BCUT2D eigenvalue weighted by molar-refractivity contribution is 6.12. The van der Waals surface area contributed by atoms with Gasteiger partial charge in [0.1, 0.15) is 5.78 Å². The summed E-state index contributed by atoms with van der Waals surface area (Å²) in [5.41, 5.74) is 0.874. The summed E-state index contributed by atoms with van der Waals surface area (Å²) in [7, 11) is 0. The van der Waals surface area contributed by atoms with E-state index in [2.05, 4.69) is 17.2 Å². The Morgan fingerprint density at radius 2 is 1.85 bits per heavy atom. The topological polar surface area (TPSA) is 85.2 Å². The van der Waals surface area contributed by atoms with Crippen molar-refractivity contribution in [1.29, 1.82) is 0 Å². The number of nitrogens with zero attached hydrogens (tertiary/aromatic N) is 4. The Morgan fingerprint density at radius 1 is 1.15 bits per heavy atom. The Morgan fingerprint density at radius 3 is 2.50 bits per heavy atom. The number of aryl methyl sites for hydroxylation is 2. The van der Waals surface area contributed by atoms with Gasteiger partial charge in [0, 0.05) is 50.2 Å². The highest BCUT2D eigenvalue weighted by Crippen LogP contribution is 2.31. The summed E-state index contributed by atoms with van der Waals surface area (Å²) in [5.74, 6) is 0.262. The standard InChI is InChI=1S/C19H26N4O3/c1-2-11-22-13-16(20-21-22)7-8-17(24)15-5-3-14(4-6-15)12-23-18(25)9-10-19(23)26/h9-10,13-15H,2-8,11-12H2,1H3. The van der Waals surface area contributed by atoms with E-state index in [1.807, 2.05) is 10.9 Å². The summed E-state index contributed by atoms with van der Waals surface area (Å²) in [6.45, 7) is 3.42. The predicted molar refractivity (Wildman–Crippen MR) is 94.9 cm³/mol. The molecular weight excluding hydrogens is 332 g/mol. The number of rotatable bonds is 8. The van der Waals surface area contributed by atoms with Gasteiger partial charge < -0.3 is 0 Å². The van der Waals surface area contributed by atoms with Gasteiger partial charge in [-0.05, 0) is 38.0 Å². The SMILES string of the molecule is CCCn1cc(CCC(=O)C2CCC(CN3C(=O)C=CC3=O)CC2)nn1. The van der Waals surface area contributed by atoms with Crippen LogP contribution in [-0.2, 0) is 27.3 Å². The van der Waals surface area contributed by atoms with Gasteiger partial charge in [-0.1, -0.05) is 12.1 Å². The van der Waals surface area contributed by atoms with Crippen molar-refractivity contribution in [2.45, 2.75) is 58.4 Å². The van der Waals surface area contributed by atoms with E-state index in [1.165, 1.54) is 17.1 Å². The molecule has 7 nitrogen and oxygen atoms in total. The molecule has 1 saturated carbocycles. The largest absolute Gasteiger partial charge is 0.299 e. The van der Waals surface area contributed by atoms with Crippen LogP contribution >= 0.6 is 0 Å². The summed E-state index contributed by atoms with van der Waals surface area (Å²) in [5, 5.41) is 8.18. The van der Waals surface area contributed by atoms with E-state index < -0.39 is 0 Å². The molecule has 1 fully saturated rings. The number of hydrogen-bond acceptors (Lipinski definition) is 5. The molecule has 1 aromatic rings. The lowest BCUT2D eigenvalue weighted by Gasteiger charge is -2.29. The van der Waals surface area contributed by atoms with Crippen LogP contribution in [0.3, 0.4) is 0 Å². The molecule has 0 unspecified atom stereocenters. The third kappa shape index (κ3) is 4.45. The van der Waals surface area contributed by atoms with Gasteiger partial charge in [-0.2, -0.15) is 0 Å². The molecule has 2 amide bonds. The van der Waals surface area contributed by atoms with Gasteiger partial charge in [-0.3, -0.25) is 24.0 Å². The molecule has 140 valence electrons. The number of aromatic nitrogens is 3. The highest BCUT2D eigenvalue weighted by atomic mass is 16.2. The van der Waals surface area contributed by atoms with Crippen LogP contribution in [0.2, 0.25) is 0 Å². The van der Waals surface area contributed by atoms with Crippen LogP contribution in [0, 0.1) is 11.8 Å². The maximum Gasteiger partial charge on any atom is 0.253 e. The Bertz CT molecular complexity index is 683. The van der Waals surface area contributed by atoms with Gasteiger partial charge in [0.2, 0.25) is 0 Å². The molecule has 1 aliphatic heterocycles. The van der Waals surface area contributed by atoms with Crippen LogP contribution in [0.25, 0.3) is 0 Å². The smallest absolute Gasteiger partial charge is 0.253 e. The Balaban J connectivity index is 1.40. The number of ketones is 1. The monoisotopic (exact) mass is 358 g/mol. The third-order valence-electron chi connectivity index (χ3n) is 5.31. The zero-order valence-electron chi connectivity index (χ0n) is 15.3. The molecule has 7 heteroatoms. The van der Waals surface area contributed by atoms with Crippen LogP contribution in [-0.4, -0.2) is 44.0 Å². The fourth-order valence-corrected chi connectivity index (χ4v) is 3.78. The number of amides is 2. The van der Waals surface area contributed by atoms with E-state index in [4.69, 9.17) is 0 Å². The Labute approximate surface area is 153 Å². The first-order valence-electron chi connectivity index (χ1n) is 9.52. The van der Waals surface area contributed by atoms with Crippen LogP contribution in [0.5, 0.6) is 0 Å². The van der Waals surface area contributed by atoms with Crippen molar-refractivity contribution >= 4 is 17.6 Å². The van der Waals surface area contributed by atoms with E-state index >= 15 is 0 Å². The van der Waals surface area contributed by atoms with Crippen LogP contribution < -0.4 is 0 Å². The summed E-state index contributed by atoms with van der Waals surface area (Å²) in [4.78, 5) is 37.1. The first-order valence-corrected chi connectivity index (χ1v) is 9.52. The van der Waals surface area contributed by atoms with Gasteiger partial charge in [0.25, 0.3) is 11.8 Å². The molecule has 0 atom stereocenters. The third-order valence-corrected chi connectivity index (χ3v) is 5.31. The molecule has 0 bridgehead atoms. The molecule has 0 saturated heterocycles. The van der Waals surface area contributed by atoms with E-state index in [9.17, 15) is 14.4 Å². The predicted octanol–water partition coefficient (Wildman–Crippen LogP) is 1.92. The number of carbonyl (C=O) groups is 3. The number of carbonyl (C=O) groups excluding carboxylic acids is 3. The molecule has 0 spiro atoms. The minimum atomic E-state index is -0.218. The fraction of sp³-hybridized carbons (Fsp3) is 0.632. The van der Waals surface area contributed by atoms with E-state index in [1.54, 1.807) is 0 Å². The second-order valence-corrected chi connectivity index (χ2v) is 7.28. The van der Waals surface area contributed by atoms with Crippen LogP contribution in [0.4, 0.5) is 0 Å². The van der Waals surface area contributed by atoms with Gasteiger partial charge in [-0.25, -0.2) is 0 Å². The molecule has 26 heavy (non-hydrogen) atoms. The lowest BCUT2D eigenvalue weighted by atomic mass is 9.79. The van der Waals surface area contributed by atoms with Gasteiger partial charge in [0.15, 0.2) is 0 Å². The van der Waals surface area contributed by atoms with E-state index in [-0.39, 0.29) is 17.7 Å². The lowest BCUT2D eigenvalue weighted by molar-refractivity contribution is -0.138. The van der Waals surface area contributed by atoms with Crippen molar-refractivity contribution in [3.63, 3.8) is 0 Å². The second kappa shape index (κ2) is 8.38. The second-order valence-electron chi connectivity index (χ2n) is 7.28. The average molecular weight is 358 g/mol. The van der Waals surface area contributed by atoms with Crippen molar-refractivity contribution in [2.75, 3.05) is 6.54 Å². The first-order chi connectivity index (χ1) is 12.6. The molecule has 2 aliphatic rings. The molecule has 3 rings (SSSR count). The van der Waals surface area contributed by atoms with E-state index in [0.29, 0.717) is 31.1 Å². The summed E-state index contributed by atoms with van der Waals surface area (Å²) in [6, 6.07) is 0. The number of hydrogen-bond donors (Lipinski definition) is 0. The molecular formula is C19H26N4O3. The molecule has 2 heterocycles. The van der Waals surface area contributed by atoms with Gasteiger partial charge >= 0.3 is 0 Å². The van der Waals surface area contributed by atoms with Crippen molar-refractivity contribution in [2.24, 2.45) is 11.8 Å². The highest BCUT2D eigenvalue weighted by Gasteiger charge is 2.31. The van der Waals surface area contributed by atoms with Crippen LogP contribution in [0.15, 0.2) is 18.3 Å². The van der Waals surface area contributed by atoms with E-state index in [0.717, 1.165) is 44.3 Å². The van der Waals surface area contributed by atoms with Crippen LogP contribution in [0.1, 0.15) is 51.1 Å². The summed E-state index contributed by atoms with van der Waals surface area (Å²) < 4.78 is 1.82. The maximum absolute atomic E-state index is 12.5. The summed E-state index contributed by atoms with van der Waals surface area (Å²) >= 11 is 0. The minimum absolute atomic E-state index is 0.0973. The minimum Gasteiger partial charge on any atom is -0.299 e. The molecule has 0 radical (unpaired) electrons. The molecule has 1 aliphatic carbocycles.